The zero-order valence-corrected chi connectivity index (χ0v) is 22.8. The van der Waals surface area contributed by atoms with E-state index < -0.39 is 0 Å². The highest BCUT2D eigenvalue weighted by atomic mass is 16.7. The summed E-state index contributed by atoms with van der Waals surface area (Å²) in [6.07, 6.45) is 8.04. The lowest BCUT2D eigenvalue weighted by Gasteiger charge is -2.29. The zero-order valence-electron chi connectivity index (χ0n) is 22.8. The van der Waals surface area contributed by atoms with Crippen molar-refractivity contribution in [2.45, 2.75) is 98.6 Å². The molecule has 0 N–H and O–H groups in total. The first-order valence-corrected chi connectivity index (χ1v) is 13.6. The fraction of sp³-hybridized carbons (Fsp3) is 0.633. The Hall–Kier alpha value is -2.43. The number of hydrogen-bond donors (Lipinski definition) is 0. The summed E-state index contributed by atoms with van der Waals surface area (Å²) in [5, 5.41) is 5.18. The molecule has 1 fully saturated rings. The third-order valence-electron chi connectivity index (χ3n) is 6.86. The minimum atomic E-state index is 0.186. The smallest absolute Gasteiger partial charge is 0.271 e. The quantitative estimate of drug-likeness (QED) is 0.281. The molecule has 0 bridgehead atoms. The number of benzene rings is 1. The van der Waals surface area contributed by atoms with Crippen LogP contribution in [0.2, 0.25) is 0 Å². The normalized spacial score (nSPS) is 18.2. The van der Waals surface area contributed by atoms with Crippen LogP contribution in [0.4, 0.5) is 0 Å². The van der Waals surface area contributed by atoms with Crippen LogP contribution in [-0.4, -0.2) is 29.1 Å². The fourth-order valence-electron chi connectivity index (χ4n) is 5.31. The molecule has 1 aromatic carbocycles. The Morgan fingerprint density at radius 3 is 2.40 bits per heavy atom. The van der Waals surface area contributed by atoms with Crippen molar-refractivity contribution >= 4 is 0 Å². The first-order chi connectivity index (χ1) is 16.8. The van der Waals surface area contributed by atoms with Gasteiger partial charge < -0.3 is 14.2 Å². The van der Waals surface area contributed by atoms with Gasteiger partial charge in [-0.25, -0.2) is 0 Å². The molecule has 0 spiro atoms. The summed E-state index contributed by atoms with van der Waals surface area (Å²) >= 11 is 0. The predicted molar refractivity (Wildman–Crippen MR) is 143 cm³/mol. The number of aromatic nitrogens is 2. The number of rotatable bonds is 13. The van der Waals surface area contributed by atoms with Crippen LogP contribution in [0.3, 0.4) is 0 Å². The third kappa shape index (κ3) is 7.78. The summed E-state index contributed by atoms with van der Waals surface area (Å²) in [6.45, 7) is 18.0. The first-order valence-electron chi connectivity index (χ1n) is 13.6. The Balaban J connectivity index is 1.75. The van der Waals surface area contributed by atoms with Gasteiger partial charge in [0.05, 0.1) is 25.0 Å². The molecule has 1 saturated carbocycles. The topological polar surface area (TPSA) is 45.5 Å². The fourth-order valence-corrected chi connectivity index (χ4v) is 5.31. The molecule has 1 aromatic heterocycles. The van der Waals surface area contributed by atoms with Crippen LogP contribution in [0.25, 0.3) is 0 Å². The summed E-state index contributed by atoms with van der Waals surface area (Å²) < 4.78 is 19.3. The molecule has 0 radical (unpaired) electrons. The number of nitrogens with zero attached hydrogens (tertiary/aromatic N) is 2. The van der Waals surface area contributed by atoms with Crippen molar-refractivity contribution in [3.05, 3.63) is 59.3 Å². The lowest BCUT2D eigenvalue weighted by atomic mass is 9.79. The van der Waals surface area contributed by atoms with E-state index in [2.05, 4.69) is 70.1 Å². The molecule has 0 unspecified atom stereocenters. The maximum absolute atomic E-state index is 5.84. The molecule has 0 aliphatic heterocycles. The Morgan fingerprint density at radius 2 is 1.77 bits per heavy atom. The van der Waals surface area contributed by atoms with Gasteiger partial charge in [-0.05, 0) is 96.4 Å². The molecule has 5 nitrogen and oxygen atoms in total. The molecule has 5 heteroatoms. The Morgan fingerprint density at radius 1 is 1.06 bits per heavy atom. The maximum atomic E-state index is 5.84. The summed E-state index contributed by atoms with van der Waals surface area (Å²) in [4.78, 5) is 0. The molecule has 3 rings (SSSR count). The van der Waals surface area contributed by atoms with Crippen molar-refractivity contribution in [2.75, 3.05) is 13.2 Å². The van der Waals surface area contributed by atoms with Crippen LogP contribution >= 0.6 is 0 Å². The molecule has 2 atom stereocenters. The van der Waals surface area contributed by atoms with Crippen LogP contribution in [0.1, 0.15) is 95.8 Å². The van der Waals surface area contributed by atoms with E-state index >= 15 is 0 Å². The van der Waals surface area contributed by atoms with Crippen molar-refractivity contribution in [1.29, 1.82) is 0 Å². The summed E-state index contributed by atoms with van der Waals surface area (Å²) in [6, 6.07) is 8.95. The van der Waals surface area contributed by atoms with E-state index in [0.29, 0.717) is 37.0 Å². The van der Waals surface area contributed by atoms with Gasteiger partial charge in [0.2, 0.25) is 0 Å². The highest BCUT2D eigenvalue weighted by Crippen LogP contribution is 2.34. The zero-order chi connectivity index (χ0) is 25.4. The van der Waals surface area contributed by atoms with Crippen LogP contribution in [0.5, 0.6) is 5.75 Å². The van der Waals surface area contributed by atoms with Gasteiger partial charge >= 0.3 is 0 Å². The minimum Gasteiger partial charge on any atom is -0.491 e. The molecular formula is C30H46N2O3. The molecule has 1 aliphatic rings. The summed E-state index contributed by atoms with van der Waals surface area (Å²) in [5.41, 5.74) is 5.39. The van der Waals surface area contributed by atoms with Gasteiger partial charge in [-0.3, -0.25) is 4.68 Å². The van der Waals surface area contributed by atoms with Crippen LogP contribution < -0.4 is 4.74 Å². The second kappa shape index (κ2) is 13.0. The van der Waals surface area contributed by atoms with E-state index in [1.807, 2.05) is 6.92 Å². The average Bonchev–Trinajstić information content (AvgIpc) is 3.16. The second-order valence-corrected chi connectivity index (χ2v) is 10.5. The van der Waals surface area contributed by atoms with E-state index in [1.54, 1.807) is 0 Å². The maximum Gasteiger partial charge on any atom is 0.271 e. The van der Waals surface area contributed by atoms with Crippen molar-refractivity contribution in [3.8, 4) is 5.75 Å². The van der Waals surface area contributed by atoms with Crippen LogP contribution in [-0.2, 0) is 28.7 Å². The van der Waals surface area contributed by atoms with E-state index in [4.69, 9.17) is 19.3 Å². The second-order valence-electron chi connectivity index (χ2n) is 10.5. The Bertz CT molecular complexity index is 930. The van der Waals surface area contributed by atoms with E-state index in [9.17, 15) is 0 Å². The first kappa shape index (κ1) is 27.2. The molecule has 2 aromatic rings. The standard InChI is InChI=1S/C30H46N2O3/c1-8-30-28(18-24-13-15-27(16-14-24)35-22(5)6)29(31-32(30)21(3)4)19-25-11-10-12-26(17-25)20-34-23(7)33-9-2/h13-16,21-22,25-26H,7-12,17-20H2,1-6H3/t25-,26+/m0/s1. The minimum absolute atomic E-state index is 0.186. The molecule has 35 heavy (non-hydrogen) atoms. The highest BCUT2D eigenvalue weighted by molar-refractivity contribution is 5.36. The largest absolute Gasteiger partial charge is 0.491 e. The van der Waals surface area contributed by atoms with Gasteiger partial charge in [-0.1, -0.05) is 31.9 Å². The number of hydrogen-bond acceptors (Lipinski definition) is 4. The predicted octanol–water partition coefficient (Wildman–Crippen LogP) is 7.28. The molecule has 194 valence electrons. The SMILES string of the molecule is C=C(OCC)OC[C@@H]1CCC[C@H](Cc2nn(C(C)C)c(CC)c2Cc2ccc(OC(C)C)cc2)C1. The van der Waals surface area contributed by atoms with Crippen LogP contribution in [0.15, 0.2) is 36.8 Å². The lowest BCUT2D eigenvalue weighted by Crippen LogP contribution is -2.22. The van der Waals surface area contributed by atoms with Crippen LogP contribution in [0, 0.1) is 11.8 Å². The summed E-state index contributed by atoms with van der Waals surface area (Å²) in [5.74, 6) is 2.57. The lowest BCUT2D eigenvalue weighted by molar-refractivity contribution is 0.0170. The summed E-state index contributed by atoms with van der Waals surface area (Å²) in [7, 11) is 0. The Labute approximate surface area is 212 Å². The third-order valence-corrected chi connectivity index (χ3v) is 6.86. The van der Waals surface area contributed by atoms with Gasteiger partial charge in [0.15, 0.2) is 0 Å². The van der Waals surface area contributed by atoms with Gasteiger partial charge in [0.25, 0.3) is 5.95 Å². The van der Waals surface area contributed by atoms with Crippen molar-refractivity contribution in [1.82, 2.24) is 9.78 Å². The highest BCUT2D eigenvalue weighted by Gasteiger charge is 2.26. The molecule has 0 saturated heterocycles. The molecule has 1 heterocycles. The van der Waals surface area contributed by atoms with Gasteiger partial charge in [0.1, 0.15) is 5.75 Å². The average molecular weight is 483 g/mol. The van der Waals surface area contributed by atoms with Crippen molar-refractivity contribution in [2.24, 2.45) is 11.8 Å². The molecular weight excluding hydrogens is 436 g/mol. The van der Waals surface area contributed by atoms with Crippen molar-refractivity contribution in [3.63, 3.8) is 0 Å². The van der Waals surface area contributed by atoms with E-state index in [-0.39, 0.29) is 6.10 Å². The molecule has 1 aliphatic carbocycles. The molecule has 0 amide bonds. The van der Waals surface area contributed by atoms with Gasteiger partial charge in [-0.15, -0.1) is 0 Å². The van der Waals surface area contributed by atoms with E-state index in [1.165, 1.54) is 48.2 Å². The van der Waals surface area contributed by atoms with Gasteiger partial charge in [0, 0.05) is 23.7 Å². The monoisotopic (exact) mass is 482 g/mol. The van der Waals surface area contributed by atoms with Gasteiger partial charge in [-0.2, -0.15) is 5.10 Å². The van der Waals surface area contributed by atoms with Crippen molar-refractivity contribution < 1.29 is 14.2 Å². The van der Waals surface area contributed by atoms with E-state index in [0.717, 1.165) is 25.0 Å². The Kier molecular flexibility index (Phi) is 10.1. The number of ether oxygens (including phenoxy) is 3.